The fraction of sp³-hybridized carbons (Fsp3) is 0.417. The van der Waals surface area contributed by atoms with Gasteiger partial charge in [-0.15, -0.1) is 11.3 Å². The molecule has 0 aromatic carbocycles. The number of fused-ring (bicyclic) bond motifs is 3. The summed E-state index contributed by atoms with van der Waals surface area (Å²) in [7, 11) is 2.16. The quantitative estimate of drug-likeness (QED) is 0.677. The Kier molecular flexibility index (Phi) is 2.91. The molecule has 3 rings (SSSR count). The molecule has 15 heavy (non-hydrogen) atoms. The zero-order valence-electron chi connectivity index (χ0n) is 9.45. The summed E-state index contributed by atoms with van der Waals surface area (Å²) in [5, 5.41) is 2.12. The monoisotopic (exact) mass is 220 g/mol. The van der Waals surface area contributed by atoms with Crippen molar-refractivity contribution in [1.82, 2.24) is 4.98 Å². The van der Waals surface area contributed by atoms with Crippen LogP contribution in [-0.2, 0) is 6.42 Å². The number of rotatable bonds is 0. The molecule has 0 atom stereocenters. The molecule has 3 heteroatoms. The highest BCUT2D eigenvalue weighted by atomic mass is 32.1. The zero-order chi connectivity index (χ0) is 10.8. The molecule has 0 bridgehead atoms. The van der Waals surface area contributed by atoms with Crippen molar-refractivity contribution >= 4 is 27.2 Å². The van der Waals surface area contributed by atoms with Gasteiger partial charge in [-0.25, -0.2) is 0 Å². The van der Waals surface area contributed by atoms with Crippen LogP contribution in [0.25, 0.3) is 10.2 Å². The van der Waals surface area contributed by atoms with Crippen LogP contribution in [0, 0.1) is 0 Å². The summed E-state index contributed by atoms with van der Waals surface area (Å²) in [6.45, 7) is 5.13. The van der Waals surface area contributed by atoms with Crippen molar-refractivity contribution in [3.63, 3.8) is 0 Å². The van der Waals surface area contributed by atoms with Crippen LogP contribution in [0.5, 0.6) is 0 Å². The van der Waals surface area contributed by atoms with E-state index in [1.807, 2.05) is 20.0 Å². The first-order chi connectivity index (χ1) is 7.36. The molecule has 0 N–H and O–H groups in total. The van der Waals surface area contributed by atoms with Crippen LogP contribution < -0.4 is 4.90 Å². The highest BCUT2D eigenvalue weighted by Crippen LogP contribution is 2.36. The predicted octanol–water partition coefficient (Wildman–Crippen LogP) is 3.31. The van der Waals surface area contributed by atoms with Gasteiger partial charge < -0.3 is 4.90 Å². The molecule has 0 spiro atoms. The van der Waals surface area contributed by atoms with Crippen molar-refractivity contribution in [1.29, 1.82) is 0 Å². The predicted molar refractivity (Wildman–Crippen MR) is 67.9 cm³/mol. The summed E-state index contributed by atoms with van der Waals surface area (Å²) >= 11 is 1.79. The fourth-order valence-electron chi connectivity index (χ4n) is 1.94. The third-order valence-corrected chi connectivity index (χ3v) is 3.53. The lowest BCUT2D eigenvalue weighted by molar-refractivity contribution is 0.957. The van der Waals surface area contributed by atoms with E-state index < -0.39 is 0 Å². The summed E-state index contributed by atoms with van der Waals surface area (Å²) in [5.74, 6) is 0. The van der Waals surface area contributed by atoms with Gasteiger partial charge >= 0.3 is 0 Å². The third-order valence-electron chi connectivity index (χ3n) is 2.62. The minimum absolute atomic E-state index is 1.13. The van der Waals surface area contributed by atoms with Gasteiger partial charge in [0, 0.05) is 19.8 Å². The number of nitrogens with zero attached hydrogens (tertiary/aromatic N) is 2. The van der Waals surface area contributed by atoms with Crippen LogP contribution in [0.2, 0.25) is 0 Å². The SMILES string of the molecule is CC.CN1CCc2cnc3ccsc3c21. The van der Waals surface area contributed by atoms with E-state index in [4.69, 9.17) is 0 Å². The molecule has 0 saturated heterocycles. The molecular formula is C12H16N2S. The Hall–Kier alpha value is -1.09. The van der Waals surface area contributed by atoms with Crippen LogP contribution in [-0.4, -0.2) is 18.6 Å². The molecule has 1 aliphatic heterocycles. The van der Waals surface area contributed by atoms with Gasteiger partial charge in [-0.2, -0.15) is 0 Å². The van der Waals surface area contributed by atoms with Crippen molar-refractivity contribution in [3.8, 4) is 0 Å². The molecule has 0 radical (unpaired) electrons. The second-order valence-electron chi connectivity index (χ2n) is 3.44. The standard InChI is InChI=1S/C10H10N2S.C2H6/c1-12-4-2-7-6-11-8-3-5-13-10(8)9(7)12;1-2/h3,5-6H,2,4H2,1H3;1-2H3. The number of hydrogen-bond acceptors (Lipinski definition) is 3. The van der Waals surface area contributed by atoms with E-state index in [2.05, 4.69) is 28.4 Å². The van der Waals surface area contributed by atoms with Crippen molar-refractivity contribution < 1.29 is 0 Å². The summed E-state index contributed by atoms with van der Waals surface area (Å²) in [4.78, 5) is 6.76. The Morgan fingerprint density at radius 2 is 2.20 bits per heavy atom. The number of aromatic nitrogens is 1. The summed E-state index contributed by atoms with van der Waals surface area (Å²) in [5.41, 5.74) is 3.94. The lowest BCUT2D eigenvalue weighted by Gasteiger charge is -2.11. The van der Waals surface area contributed by atoms with Crippen LogP contribution in [0.1, 0.15) is 19.4 Å². The second-order valence-corrected chi connectivity index (χ2v) is 4.35. The largest absolute Gasteiger partial charge is 0.373 e. The molecule has 0 fully saturated rings. The van der Waals surface area contributed by atoms with E-state index >= 15 is 0 Å². The van der Waals surface area contributed by atoms with Gasteiger partial charge in [0.2, 0.25) is 0 Å². The Balaban J connectivity index is 0.000000404. The topological polar surface area (TPSA) is 16.1 Å². The second kappa shape index (κ2) is 4.19. The third kappa shape index (κ3) is 1.61. The minimum atomic E-state index is 1.13. The Bertz CT molecular complexity index is 462. The molecule has 3 heterocycles. The molecule has 2 nitrogen and oxygen atoms in total. The van der Waals surface area contributed by atoms with Crippen molar-refractivity contribution in [2.75, 3.05) is 18.5 Å². The van der Waals surface area contributed by atoms with E-state index in [0.29, 0.717) is 0 Å². The van der Waals surface area contributed by atoms with Gasteiger partial charge in [-0.05, 0) is 23.4 Å². The van der Waals surface area contributed by atoms with Gasteiger partial charge in [-0.3, -0.25) is 4.98 Å². The smallest absolute Gasteiger partial charge is 0.0831 e. The number of likely N-dealkylation sites (N-methyl/N-ethyl adjacent to an activating group) is 1. The van der Waals surface area contributed by atoms with Crippen LogP contribution in [0.15, 0.2) is 17.6 Å². The highest BCUT2D eigenvalue weighted by molar-refractivity contribution is 7.17. The molecule has 0 aliphatic carbocycles. The van der Waals surface area contributed by atoms with Gasteiger partial charge in [0.15, 0.2) is 0 Å². The maximum Gasteiger partial charge on any atom is 0.0831 e. The van der Waals surface area contributed by atoms with Crippen LogP contribution >= 0.6 is 11.3 Å². The van der Waals surface area contributed by atoms with Crippen molar-refractivity contribution in [3.05, 3.63) is 23.2 Å². The Labute approximate surface area is 94.6 Å². The molecule has 80 valence electrons. The van der Waals surface area contributed by atoms with Gasteiger partial charge in [0.25, 0.3) is 0 Å². The number of anilines is 1. The van der Waals surface area contributed by atoms with Crippen LogP contribution in [0.4, 0.5) is 5.69 Å². The first-order valence-electron chi connectivity index (χ1n) is 5.42. The molecule has 0 amide bonds. The van der Waals surface area contributed by atoms with Crippen molar-refractivity contribution in [2.45, 2.75) is 20.3 Å². The molecule has 2 aromatic rings. The van der Waals surface area contributed by atoms with E-state index in [1.165, 1.54) is 16.0 Å². The first kappa shape index (κ1) is 10.4. The summed E-state index contributed by atoms with van der Waals surface area (Å²) in [6.07, 6.45) is 3.17. The molecule has 1 aliphatic rings. The van der Waals surface area contributed by atoms with Gasteiger partial charge in [0.1, 0.15) is 0 Å². The summed E-state index contributed by atoms with van der Waals surface area (Å²) < 4.78 is 1.34. The lowest BCUT2D eigenvalue weighted by atomic mass is 10.2. The normalized spacial score (nSPS) is 13.7. The maximum absolute atomic E-state index is 4.43. The van der Waals surface area contributed by atoms with Crippen LogP contribution in [0.3, 0.4) is 0 Å². The Morgan fingerprint density at radius 1 is 1.40 bits per heavy atom. The van der Waals surface area contributed by atoms with E-state index in [-0.39, 0.29) is 0 Å². The molecular weight excluding hydrogens is 204 g/mol. The number of hydrogen-bond donors (Lipinski definition) is 0. The zero-order valence-corrected chi connectivity index (χ0v) is 10.3. The number of pyridine rings is 1. The van der Waals surface area contributed by atoms with E-state index in [0.717, 1.165) is 18.5 Å². The lowest BCUT2D eigenvalue weighted by Crippen LogP contribution is -2.12. The first-order valence-corrected chi connectivity index (χ1v) is 6.30. The molecule has 2 aromatic heterocycles. The highest BCUT2D eigenvalue weighted by Gasteiger charge is 2.19. The fourth-order valence-corrected chi connectivity index (χ4v) is 2.91. The summed E-state index contributed by atoms with van der Waals surface area (Å²) in [6, 6.07) is 2.09. The van der Waals surface area contributed by atoms with Crippen molar-refractivity contribution in [2.24, 2.45) is 0 Å². The maximum atomic E-state index is 4.43. The van der Waals surface area contributed by atoms with E-state index in [1.54, 1.807) is 11.3 Å². The number of thiophene rings is 1. The average Bonchev–Trinajstić information content (AvgIpc) is 2.87. The van der Waals surface area contributed by atoms with Gasteiger partial charge in [0.05, 0.1) is 15.9 Å². The van der Waals surface area contributed by atoms with Gasteiger partial charge in [-0.1, -0.05) is 13.8 Å². The Morgan fingerprint density at radius 3 is 3.00 bits per heavy atom. The molecule has 0 saturated carbocycles. The average molecular weight is 220 g/mol. The minimum Gasteiger partial charge on any atom is -0.373 e. The van der Waals surface area contributed by atoms with E-state index in [9.17, 15) is 0 Å². The molecule has 0 unspecified atom stereocenters.